The van der Waals surface area contributed by atoms with E-state index in [1.165, 1.54) is 6.07 Å². The molecule has 2 N–H and O–H groups in total. The van der Waals surface area contributed by atoms with Gasteiger partial charge >= 0.3 is 6.03 Å². The first-order chi connectivity index (χ1) is 11.8. The molecule has 2 aromatic rings. The maximum Gasteiger partial charge on any atom is 0.322 e. The summed E-state index contributed by atoms with van der Waals surface area (Å²) in [5.41, 5.74) is 1.14. The molecule has 0 aromatic heterocycles. The number of carbonyl (C=O) groups excluding carboxylic acids is 3. The Morgan fingerprint density at radius 2 is 1.44 bits per heavy atom. The van der Waals surface area contributed by atoms with E-state index in [1.54, 1.807) is 30.3 Å². The van der Waals surface area contributed by atoms with E-state index in [-0.39, 0.29) is 0 Å². The molecule has 1 fully saturated rings. The molecule has 3 rings (SSSR count). The molecule has 2 aromatic carbocycles. The van der Waals surface area contributed by atoms with Gasteiger partial charge in [-0.1, -0.05) is 58.5 Å². The lowest BCUT2D eigenvalue weighted by atomic mass is 10.1. The molecule has 1 saturated heterocycles. The second-order valence-corrected chi connectivity index (χ2v) is 6.49. The molecule has 25 heavy (non-hydrogen) atoms. The SMILES string of the molecule is O=C1NC(=O)C(c2ccc(Cl)c(Cl)c2)N1.O=Cc1ccc(Cl)c(Cl)c1. The number of nitrogens with one attached hydrogen (secondary N) is 2. The Kier molecular flexibility index (Phi) is 6.67. The molecule has 0 aliphatic carbocycles. The van der Waals surface area contributed by atoms with Crippen molar-refractivity contribution in [2.45, 2.75) is 6.04 Å². The molecule has 1 heterocycles. The van der Waals surface area contributed by atoms with E-state index in [2.05, 4.69) is 10.6 Å². The van der Waals surface area contributed by atoms with Crippen LogP contribution in [-0.2, 0) is 4.79 Å². The summed E-state index contributed by atoms with van der Waals surface area (Å²) in [5.74, 6) is -0.390. The van der Waals surface area contributed by atoms with Crippen LogP contribution in [0.2, 0.25) is 20.1 Å². The predicted octanol–water partition coefficient (Wildman–Crippen LogP) is 4.68. The first-order valence-corrected chi connectivity index (χ1v) is 8.29. The van der Waals surface area contributed by atoms with Gasteiger partial charge in [0.05, 0.1) is 20.1 Å². The monoisotopic (exact) mass is 418 g/mol. The van der Waals surface area contributed by atoms with Crippen molar-refractivity contribution in [3.8, 4) is 0 Å². The van der Waals surface area contributed by atoms with E-state index in [9.17, 15) is 14.4 Å². The average molecular weight is 420 g/mol. The van der Waals surface area contributed by atoms with Crippen LogP contribution in [0.3, 0.4) is 0 Å². The fourth-order valence-corrected chi connectivity index (χ4v) is 2.54. The fourth-order valence-electron chi connectivity index (χ4n) is 1.93. The molecule has 1 unspecified atom stereocenters. The van der Waals surface area contributed by atoms with Crippen molar-refractivity contribution < 1.29 is 14.4 Å². The summed E-state index contributed by atoms with van der Waals surface area (Å²) < 4.78 is 0. The number of imide groups is 1. The van der Waals surface area contributed by atoms with Crippen molar-refractivity contribution >= 4 is 64.6 Å². The first-order valence-electron chi connectivity index (χ1n) is 6.78. The minimum Gasteiger partial charge on any atom is -0.322 e. The maximum absolute atomic E-state index is 11.3. The quantitative estimate of drug-likeness (QED) is 0.548. The van der Waals surface area contributed by atoms with Crippen LogP contribution in [-0.4, -0.2) is 18.2 Å². The topological polar surface area (TPSA) is 75.3 Å². The van der Waals surface area contributed by atoms with Crippen LogP contribution in [0.5, 0.6) is 0 Å². The summed E-state index contributed by atoms with van der Waals surface area (Å²) in [6.45, 7) is 0. The second kappa shape index (κ2) is 8.54. The van der Waals surface area contributed by atoms with Gasteiger partial charge in [-0.2, -0.15) is 0 Å². The minimum atomic E-state index is -0.688. The van der Waals surface area contributed by atoms with Gasteiger partial charge in [0.2, 0.25) is 0 Å². The number of hydrogen-bond acceptors (Lipinski definition) is 3. The van der Waals surface area contributed by atoms with Crippen LogP contribution in [0, 0.1) is 0 Å². The predicted molar refractivity (Wildman–Crippen MR) is 97.7 cm³/mol. The Balaban J connectivity index is 0.000000196. The fraction of sp³-hybridized carbons (Fsp3) is 0.0625. The highest BCUT2D eigenvalue weighted by molar-refractivity contribution is 6.42. The standard InChI is InChI=1S/C9H6Cl2N2O2.C7H4Cl2O/c10-5-2-1-4(3-6(5)11)7-8(14)13-9(15)12-7;8-6-2-1-5(4-10)3-7(6)9/h1-3,7H,(H2,12,13,14,15);1-4H. The molecule has 0 saturated carbocycles. The number of benzene rings is 2. The molecule has 0 bridgehead atoms. The van der Waals surface area contributed by atoms with Gasteiger partial charge < -0.3 is 5.32 Å². The minimum absolute atomic E-state index is 0.350. The summed E-state index contributed by atoms with van der Waals surface area (Å²) in [5, 5.41) is 6.23. The summed E-state index contributed by atoms with van der Waals surface area (Å²) in [7, 11) is 0. The van der Waals surface area contributed by atoms with Gasteiger partial charge in [0.15, 0.2) is 0 Å². The number of hydrogen-bond donors (Lipinski definition) is 2. The van der Waals surface area contributed by atoms with Crippen molar-refractivity contribution in [3.05, 3.63) is 67.6 Å². The Morgan fingerprint density at radius 3 is 1.92 bits per heavy atom. The van der Waals surface area contributed by atoms with Crippen LogP contribution in [0.15, 0.2) is 36.4 Å². The molecule has 3 amide bonds. The number of halogens is 4. The van der Waals surface area contributed by atoms with Gasteiger partial charge in [-0.3, -0.25) is 14.9 Å². The van der Waals surface area contributed by atoms with Crippen molar-refractivity contribution in [1.29, 1.82) is 0 Å². The summed E-state index contributed by atoms with van der Waals surface area (Å²) in [6.07, 6.45) is 0.724. The third-order valence-corrected chi connectivity index (χ3v) is 4.61. The van der Waals surface area contributed by atoms with Crippen molar-refractivity contribution in [1.82, 2.24) is 10.6 Å². The number of aldehydes is 1. The molecular weight excluding hydrogens is 410 g/mol. The molecule has 0 spiro atoms. The van der Waals surface area contributed by atoms with E-state index in [4.69, 9.17) is 46.4 Å². The molecule has 1 atom stereocenters. The van der Waals surface area contributed by atoms with Gasteiger partial charge in [0.1, 0.15) is 12.3 Å². The third-order valence-electron chi connectivity index (χ3n) is 3.13. The van der Waals surface area contributed by atoms with Gasteiger partial charge in [0.25, 0.3) is 5.91 Å². The molecule has 9 heteroatoms. The Hall–Kier alpha value is -1.79. The second-order valence-electron chi connectivity index (χ2n) is 4.86. The zero-order chi connectivity index (χ0) is 18.6. The van der Waals surface area contributed by atoms with Crippen LogP contribution in [0.1, 0.15) is 22.0 Å². The van der Waals surface area contributed by atoms with Crippen LogP contribution in [0.25, 0.3) is 0 Å². The molecular formula is C16H10Cl4N2O3. The first kappa shape index (κ1) is 19.5. The largest absolute Gasteiger partial charge is 0.322 e. The average Bonchev–Trinajstić information content (AvgIpc) is 2.92. The Morgan fingerprint density at radius 1 is 0.840 bits per heavy atom. The smallest absolute Gasteiger partial charge is 0.322 e. The van der Waals surface area contributed by atoms with Gasteiger partial charge in [-0.25, -0.2) is 4.79 Å². The normalized spacial score (nSPS) is 15.8. The van der Waals surface area contributed by atoms with Crippen LogP contribution < -0.4 is 10.6 Å². The van der Waals surface area contributed by atoms with E-state index >= 15 is 0 Å². The lowest BCUT2D eigenvalue weighted by molar-refractivity contribution is -0.120. The van der Waals surface area contributed by atoms with Crippen molar-refractivity contribution in [3.63, 3.8) is 0 Å². The zero-order valence-electron chi connectivity index (χ0n) is 12.4. The lowest BCUT2D eigenvalue weighted by Gasteiger charge is -2.08. The van der Waals surface area contributed by atoms with Crippen LogP contribution >= 0.6 is 46.4 Å². The molecule has 5 nitrogen and oxygen atoms in total. The third kappa shape index (κ3) is 5.09. The van der Waals surface area contributed by atoms with E-state index < -0.39 is 18.0 Å². The van der Waals surface area contributed by atoms with Gasteiger partial charge in [-0.05, 0) is 29.8 Å². The lowest BCUT2D eigenvalue weighted by Crippen LogP contribution is -2.22. The van der Waals surface area contributed by atoms with E-state index in [0.29, 0.717) is 31.2 Å². The number of carbonyl (C=O) groups is 3. The van der Waals surface area contributed by atoms with Crippen LogP contribution in [0.4, 0.5) is 4.79 Å². The maximum atomic E-state index is 11.3. The Labute approximate surface area is 163 Å². The zero-order valence-corrected chi connectivity index (χ0v) is 15.4. The highest BCUT2D eigenvalue weighted by Crippen LogP contribution is 2.26. The van der Waals surface area contributed by atoms with E-state index in [0.717, 1.165) is 6.29 Å². The van der Waals surface area contributed by atoms with Gasteiger partial charge in [0, 0.05) is 5.56 Å². The highest BCUT2D eigenvalue weighted by atomic mass is 35.5. The number of rotatable bonds is 2. The van der Waals surface area contributed by atoms with Gasteiger partial charge in [-0.15, -0.1) is 0 Å². The highest BCUT2D eigenvalue weighted by Gasteiger charge is 2.30. The van der Waals surface area contributed by atoms with Crippen molar-refractivity contribution in [2.24, 2.45) is 0 Å². The Bertz CT molecular complexity index is 842. The summed E-state index contributed by atoms with van der Waals surface area (Å²) in [4.78, 5) is 32.4. The molecule has 1 aliphatic heterocycles. The summed E-state index contributed by atoms with van der Waals surface area (Å²) in [6, 6.07) is 8.32. The molecule has 130 valence electrons. The number of amides is 3. The van der Waals surface area contributed by atoms with E-state index in [1.807, 2.05) is 0 Å². The number of urea groups is 1. The van der Waals surface area contributed by atoms with Crippen molar-refractivity contribution in [2.75, 3.05) is 0 Å². The molecule has 0 radical (unpaired) electrons. The molecule has 1 aliphatic rings. The summed E-state index contributed by atoms with van der Waals surface area (Å²) >= 11 is 22.7.